The van der Waals surface area contributed by atoms with E-state index in [0.29, 0.717) is 34.1 Å². The fraction of sp³-hybridized carbons (Fsp3) is 0.333. The van der Waals surface area contributed by atoms with Gasteiger partial charge in [0.25, 0.3) is 11.7 Å². The molecule has 0 radical (unpaired) electrons. The Kier molecular flexibility index (Phi) is 7.44. The summed E-state index contributed by atoms with van der Waals surface area (Å²) in [6, 6.07) is 8.97. The Hall–Kier alpha value is -3.72. The second kappa shape index (κ2) is 10.3. The number of carbonyl (C=O) groups excluding carboxylic acids is 2. The Morgan fingerprint density at radius 2 is 1.42 bits per heavy atom. The van der Waals surface area contributed by atoms with Crippen LogP contribution in [0.2, 0.25) is 0 Å². The molecule has 1 heterocycles. The van der Waals surface area contributed by atoms with Crippen molar-refractivity contribution in [3.8, 4) is 23.0 Å². The molecule has 9 heteroatoms. The highest BCUT2D eigenvalue weighted by Gasteiger charge is 2.46. The Morgan fingerprint density at radius 1 is 0.848 bits per heavy atom. The maximum Gasteiger partial charge on any atom is 0.295 e. The van der Waals surface area contributed by atoms with Crippen molar-refractivity contribution in [3.63, 3.8) is 0 Å². The predicted molar refractivity (Wildman–Crippen MR) is 120 cm³/mol. The summed E-state index contributed by atoms with van der Waals surface area (Å²) >= 11 is 0. The topological polar surface area (TPSA) is 104 Å². The van der Waals surface area contributed by atoms with Gasteiger partial charge in [-0.3, -0.25) is 9.59 Å². The van der Waals surface area contributed by atoms with Crippen molar-refractivity contribution < 1.29 is 38.4 Å². The van der Waals surface area contributed by atoms with Crippen LogP contribution in [0.15, 0.2) is 42.0 Å². The van der Waals surface area contributed by atoms with Crippen molar-refractivity contribution in [1.82, 2.24) is 4.90 Å². The molecule has 1 unspecified atom stereocenters. The van der Waals surface area contributed by atoms with Gasteiger partial charge in [-0.2, -0.15) is 0 Å². The second-order valence-corrected chi connectivity index (χ2v) is 7.17. The molecule has 9 nitrogen and oxygen atoms in total. The van der Waals surface area contributed by atoms with E-state index >= 15 is 0 Å². The van der Waals surface area contributed by atoms with Crippen molar-refractivity contribution >= 4 is 17.4 Å². The molecule has 1 N–H and O–H groups in total. The average molecular weight is 457 g/mol. The number of nitrogens with zero attached hydrogens (tertiary/aromatic N) is 1. The third kappa shape index (κ3) is 4.45. The lowest BCUT2D eigenvalue weighted by Crippen LogP contribution is -2.32. The molecule has 33 heavy (non-hydrogen) atoms. The maximum atomic E-state index is 13.1. The second-order valence-electron chi connectivity index (χ2n) is 7.17. The van der Waals surface area contributed by atoms with Crippen LogP contribution in [0.25, 0.3) is 5.76 Å². The number of carbonyl (C=O) groups is 2. The molecule has 0 bridgehead atoms. The van der Waals surface area contributed by atoms with Crippen molar-refractivity contribution in [1.29, 1.82) is 0 Å². The predicted octanol–water partition coefficient (Wildman–Crippen LogP) is 2.79. The number of benzene rings is 2. The largest absolute Gasteiger partial charge is 0.507 e. The summed E-state index contributed by atoms with van der Waals surface area (Å²) in [7, 11) is 7.48. The van der Waals surface area contributed by atoms with Crippen molar-refractivity contribution in [2.75, 3.05) is 48.7 Å². The summed E-state index contributed by atoms with van der Waals surface area (Å²) in [5.74, 6) is -0.0849. The van der Waals surface area contributed by atoms with Crippen LogP contribution in [0.3, 0.4) is 0 Å². The summed E-state index contributed by atoms with van der Waals surface area (Å²) < 4.78 is 26.4. The smallest absolute Gasteiger partial charge is 0.295 e. The lowest BCUT2D eigenvalue weighted by atomic mass is 9.95. The maximum absolute atomic E-state index is 13.1. The minimum absolute atomic E-state index is 0.0458. The van der Waals surface area contributed by atoms with Gasteiger partial charge in [-0.1, -0.05) is 6.07 Å². The highest BCUT2D eigenvalue weighted by atomic mass is 16.5. The summed E-state index contributed by atoms with van der Waals surface area (Å²) in [6.45, 7) is 0.371. The van der Waals surface area contributed by atoms with E-state index < -0.39 is 17.7 Å². The Balaban J connectivity index is 2.21. The number of methoxy groups -OCH3 is 5. The van der Waals surface area contributed by atoms with Crippen LogP contribution in [0.4, 0.5) is 0 Å². The minimum atomic E-state index is -0.854. The lowest BCUT2D eigenvalue weighted by molar-refractivity contribution is -0.140. The molecule has 2 aromatic rings. The molecule has 1 aliphatic heterocycles. The molecule has 176 valence electrons. The van der Waals surface area contributed by atoms with Gasteiger partial charge in [0.15, 0.2) is 23.0 Å². The van der Waals surface area contributed by atoms with Gasteiger partial charge in [-0.05, 0) is 35.9 Å². The molecule has 1 saturated heterocycles. The number of ketones is 1. The van der Waals surface area contributed by atoms with Crippen molar-refractivity contribution in [3.05, 3.63) is 53.1 Å². The Labute approximate surface area is 192 Å². The molecule has 3 rings (SSSR count). The Morgan fingerprint density at radius 3 is 2.00 bits per heavy atom. The first kappa shape index (κ1) is 23.9. The van der Waals surface area contributed by atoms with Gasteiger partial charge in [0.2, 0.25) is 0 Å². The first-order valence-corrected chi connectivity index (χ1v) is 10.1. The normalized spacial score (nSPS) is 17.2. The van der Waals surface area contributed by atoms with Gasteiger partial charge in [0.05, 0.1) is 46.7 Å². The van der Waals surface area contributed by atoms with Gasteiger partial charge in [-0.15, -0.1) is 0 Å². The van der Waals surface area contributed by atoms with Crippen LogP contribution in [0.5, 0.6) is 23.0 Å². The fourth-order valence-corrected chi connectivity index (χ4v) is 3.81. The third-order valence-corrected chi connectivity index (χ3v) is 5.46. The van der Waals surface area contributed by atoms with E-state index in [4.69, 9.17) is 23.7 Å². The summed E-state index contributed by atoms with van der Waals surface area (Å²) in [4.78, 5) is 27.4. The molecule has 0 saturated carbocycles. The molecule has 0 aromatic heterocycles. The van der Waals surface area contributed by atoms with Gasteiger partial charge >= 0.3 is 0 Å². The fourth-order valence-electron chi connectivity index (χ4n) is 3.81. The third-order valence-electron chi connectivity index (χ3n) is 5.46. The van der Waals surface area contributed by atoms with E-state index in [2.05, 4.69) is 0 Å². The highest BCUT2D eigenvalue weighted by Crippen LogP contribution is 2.42. The summed E-state index contributed by atoms with van der Waals surface area (Å²) in [6.07, 6.45) is 0. The van der Waals surface area contributed by atoms with E-state index in [0.717, 1.165) is 0 Å². The summed E-state index contributed by atoms with van der Waals surface area (Å²) in [5.41, 5.74) is 0.836. The molecule has 1 aliphatic rings. The SMILES string of the molecule is COCCN1C(=O)C(=O)/C(=C(\O)c2ccc(OC)c(OC)c2)C1c1ccc(OC)c(OC)c1. The number of hydrogen-bond acceptors (Lipinski definition) is 8. The van der Waals surface area contributed by atoms with Crippen LogP contribution in [0, 0.1) is 0 Å². The zero-order valence-electron chi connectivity index (χ0n) is 19.2. The molecule has 0 spiro atoms. The number of likely N-dealkylation sites (tertiary alicyclic amines) is 1. The number of Topliss-reactive ketones (excluding diaryl/α,β-unsaturated/α-hetero) is 1. The molecule has 2 aromatic carbocycles. The summed E-state index contributed by atoms with van der Waals surface area (Å²) in [5, 5.41) is 11.2. The molecular formula is C24H27NO8. The van der Waals surface area contributed by atoms with Crippen LogP contribution in [-0.2, 0) is 14.3 Å². The van der Waals surface area contributed by atoms with Crippen LogP contribution >= 0.6 is 0 Å². The van der Waals surface area contributed by atoms with Gasteiger partial charge in [-0.25, -0.2) is 0 Å². The first-order chi connectivity index (χ1) is 15.9. The monoisotopic (exact) mass is 457 g/mol. The molecule has 0 aliphatic carbocycles. The van der Waals surface area contributed by atoms with E-state index in [1.165, 1.54) is 40.4 Å². The van der Waals surface area contributed by atoms with Crippen LogP contribution < -0.4 is 18.9 Å². The number of ether oxygens (including phenoxy) is 5. The van der Waals surface area contributed by atoms with Gasteiger partial charge < -0.3 is 33.7 Å². The number of aliphatic hydroxyl groups excluding tert-OH is 1. The van der Waals surface area contributed by atoms with E-state index in [9.17, 15) is 14.7 Å². The average Bonchev–Trinajstić information content (AvgIpc) is 3.10. The van der Waals surface area contributed by atoms with E-state index in [1.807, 2.05) is 0 Å². The standard InChI is InChI=1S/C24H27NO8/c1-29-11-10-25-21(14-6-8-16(30-2)18(12-14)32-4)20(23(27)24(25)28)22(26)15-7-9-17(31-3)19(13-15)33-5/h6-9,12-13,21,26H,10-11H2,1-5H3/b22-20-. The van der Waals surface area contributed by atoms with Crippen LogP contribution in [0.1, 0.15) is 17.2 Å². The molecule has 1 atom stereocenters. The van der Waals surface area contributed by atoms with Gasteiger partial charge in [0.1, 0.15) is 5.76 Å². The quantitative estimate of drug-likeness (QED) is 0.348. The molecule has 1 fully saturated rings. The number of aliphatic hydroxyl groups is 1. The molecule has 1 amide bonds. The van der Waals surface area contributed by atoms with E-state index in [-0.39, 0.29) is 24.5 Å². The zero-order chi connectivity index (χ0) is 24.1. The number of rotatable bonds is 9. The van der Waals surface area contributed by atoms with Crippen LogP contribution in [-0.4, -0.2) is 70.4 Å². The first-order valence-electron chi connectivity index (χ1n) is 10.1. The Bertz CT molecular complexity index is 1080. The highest BCUT2D eigenvalue weighted by molar-refractivity contribution is 6.46. The number of amides is 1. The van der Waals surface area contributed by atoms with E-state index in [1.54, 1.807) is 36.4 Å². The zero-order valence-corrected chi connectivity index (χ0v) is 19.2. The lowest BCUT2D eigenvalue weighted by Gasteiger charge is -2.25. The van der Waals surface area contributed by atoms with Crippen molar-refractivity contribution in [2.24, 2.45) is 0 Å². The van der Waals surface area contributed by atoms with Gasteiger partial charge in [0, 0.05) is 19.2 Å². The number of hydrogen-bond donors (Lipinski definition) is 1. The molecular weight excluding hydrogens is 430 g/mol. The van der Waals surface area contributed by atoms with Crippen molar-refractivity contribution in [2.45, 2.75) is 6.04 Å². The minimum Gasteiger partial charge on any atom is -0.507 e.